The van der Waals surface area contributed by atoms with Crippen molar-refractivity contribution in [3.63, 3.8) is 0 Å². The van der Waals surface area contributed by atoms with Gasteiger partial charge in [0, 0.05) is 31.0 Å². The summed E-state index contributed by atoms with van der Waals surface area (Å²) in [6, 6.07) is 4.35. The van der Waals surface area contributed by atoms with Gasteiger partial charge in [0.05, 0.1) is 12.1 Å². The minimum atomic E-state index is 0.526. The molecule has 1 atom stereocenters. The highest BCUT2D eigenvalue weighted by molar-refractivity contribution is 6.02. The van der Waals surface area contributed by atoms with Crippen molar-refractivity contribution in [3.8, 4) is 12.1 Å². The first kappa shape index (κ1) is 14.5. The first-order valence-electron chi connectivity index (χ1n) is 6.77. The third-order valence-corrected chi connectivity index (χ3v) is 3.23. The van der Waals surface area contributed by atoms with Crippen LogP contribution >= 0.6 is 0 Å². The van der Waals surface area contributed by atoms with Gasteiger partial charge in [-0.1, -0.05) is 13.0 Å². The van der Waals surface area contributed by atoms with Gasteiger partial charge in [-0.15, -0.1) is 0 Å². The molecule has 0 spiro atoms. The molecule has 1 aliphatic heterocycles. The summed E-state index contributed by atoms with van der Waals surface area (Å²) in [5.74, 6) is 0.526. The Kier molecular flexibility index (Phi) is 6.81. The molecule has 18 heavy (non-hydrogen) atoms. The van der Waals surface area contributed by atoms with E-state index >= 15 is 0 Å². The van der Waals surface area contributed by atoms with E-state index in [1.807, 2.05) is 0 Å². The lowest BCUT2D eigenvalue weighted by molar-refractivity contribution is 0.743. The lowest BCUT2D eigenvalue weighted by Gasteiger charge is -2.08. The Morgan fingerprint density at radius 3 is 2.67 bits per heavy atom. The summed E-state index contributed by atoms with van der Waals surface area (Å²) in [5.41, 5.74) is 2.61. The highest BCUT2D eigenvalue weighted by Crippen LogP contribution is 2.24. The summed E-state index contributed by atoms with van der Waals surface area (Å²) in [7, 11) is 0. The van der Waals surface area contributed by atoms with Crippen LogP contribution in [0.15, 0.2) is 16.6 Å². The molecular weight excluding hydrogens is 222 g/mol. The predicted octanol–water partition coefficient (Wildman–Crippen LogP) is 3.78. The molecule has 0 radical (unpaired) electrons. The molecule has 0 aromatic rings. The second-order valence-corrected chi connectivity index (χ2v) is 4.76. The molecule has 1 rings (SSSR count). The van der Waals surface area contributed by atoms with Crippen molar-refractivity contribution in [2.24, 2.45) is 10.9 Å². The van der Waals surface area contributed by atoms with Gasteiger partial charge in [0.15, 0.2) is 0 Å². The number of allylic oxidation sites excluding steroid dienone is 1. The highest BCUT2D eigenvalue weighted by Gasteiger charge is 2.19. The average molecular weight is 243 g/mol. The maximum Gasteiger partial charge on any atom is 0.0621 e. The molecule has 0 aliphatic carbocycles. The molecule has 1 aliphatic rings. The van der Waals surface area contributed by atoms with Crippen molar-refractivity contribution < 1.29 is 0 Å². The summed E-state index contributed by atoms with van der Waals surface area (Å²) >= 11 is 0. The maximum absolute atomic E-state index is 8.51. The third-order valence-electron chi connectivity index (χ3n) is 3.23. The molecule has 0 bridgehead atoms. The van der Waals surface area contributed by atoms with Crippen LogP contribution in [-0.4, -0.2) is 12.3 Å². The van der Waals surface area contributed by atoms with Gasteiger partial charge in [0.25, 0.3) is 0 Å². The normalized spacial score (nSPS) is 20.5. The average Bonchev–Trinajstić information content (AvgIpc) is 2.72. The zero-order valence-electron chi connectivity index (χ0n) is 11.2. The van der Waals surface area contributed by atoms with E-state index in [1.165, 1.54) is 11.3 Å². The van der Waals surface area contributed by atoms with Gasteiger partial charge in [-0.3, -0.25) is 4.99 Å². The Morgan fingerprint density at radius 2 is 1.94 bits per heavy atom. The highest BCUT2D eigenvalue weighted by atomic mass is 14.8. The van der Waals surface area contributed by atoms with Crippen molar-refractivity contribution in [1.82, 2.24) is 0 Å². The molecule has 0 N–H and O–H groups in total. The first-order chi connectivity index (χ1) is 8.79. The predicted molar refractivity (Wildman–Crippen MR) is 73.1 cm³/mol. The van der Waals surface area contributed by atoms with Gasteiger partial charge in [0.1, 0.15) is 0 Å². The molecule has 0 saturated carbocycles. The fraction of sp³-hybridized carbons (Fsp3) is 0.667. The van der Waals surface area contributed by atoms with E-state index in [4.69, 9.17) is 10.5 Å². The van der Waals surface area contributed by atoms with E-state index in [0.29, 0.717) is 18.8 Å². The van der Waals surface area contributed by atoms with Crippen molar-refractivity contribution in [1.29, 1.82) is 10.5 Å². The molecule has 0 amide bonds. The zero-order chi connectivity index (χ0) is 13.2. The van der Waals surface area contributed by atoms with Gasteiger partial charge in [-0.05, 0) is 37.7 Å². The Morgan fingerprint density at radius 1 is 1.22 bits per heavy atom. The second kappa shape index (κ2) is 8.48. The van der Waals surface area contributed by atoms with Crippen LogP contribution in [0.4, 0.5) is 0 Å². The topological polar surface area (TPSA) is 59.9 Å². The number of nitrogens with zero attached hydrogens (tertiary/aromatic N) is 3. The number of hydrogen-bond acceptors (Lipinski definition) is 3. The van der Waals surface area contributed by atoms with Crippen molar-refractivity contribution in [3.05, 3.63) is 11.6 Å². The Hall–Kier alpha value is -1.61. The standard InChI is InChI=1S/C15H21N3/c1-13-12-18-15(9-5-3-7-11-17)14(13)8-4-2-6-10-16/h8,13H,2-7,9,12H2,1H3/b14-8-. The minimum Gasteiger partial charge on any atom is -0.289 e. The van der Waals surface area contributed by atoms with Crippen LogP contribution < -0.4 is 0 Å². The van der Waals surface area contributed by atoms with Gasteiger partial charge >= 0.3 is 0 Å². The summed E-state index contributed by atoms with van der Waals surface area (Å²) in [4.78, 5) is 4.60. The van der Waals surface area contributed by atoms with Crippen LogP contribution in [0.3, 0.4) is 0 Å². The van der Waals surface area contributed by atoms with Crippen molar-refractivity contribution in [2.45, 2.75) is 51.9 Å². The number of rotatable bonds is 7. The molecule has 0 fully saturated rings. The van der Waals surface area contributed by atoms with Crippen LogP contribution in [0.2, 0.25) is 0 Å². The molecule has 0 aromatic carbocycles. The first-order valence-corrected chi connectivity index (χ1v) is 6.77. The Labute approximate surface area is 110 Å². The van der Waals surface area contributed by atoms with Crippen LogP contribution in [0.25, 0.3) is 0 Å². The molecule has 96 valence electrons. The van der Waals surface area contributed by atoms with Gasteiger partial charge < -0.3 is 0 Å². The molecule has 1 unspecified atom stereocenters. The smallest absolute Gasteiger partial charge is 0.0621 e. The van der Waals surface area contributed by atoms with E-state index in [1.54, 1.807) is 0 Å². The monoisotopic (exact) mass is 243 g/mol. The fourth-order valence-electron chi connectivity index (χ4n) is 2.20. The van der Waals surface area contributed by atoms with E-state index in [9.17, 15) is 0 Å². The van der Waals surface area contributed by atoms with Crippen LogP contribution in [0.1, 0.15) is 51.9 Å². The number of unbranched alkanes of at least 4 members (excludes halogenated alkanes) is 4. The second-order valence-electron chi connectivity index (χ2n) is 4.76. The molecule has 1 heterocycles. The number of nitriles is 2. The van der Waals surface area contributed by atoms with Crippen LogP contribution in [-0.2, 0) is 0 Å². The SMILES string of the molecule is CC1CN=C(CCCCC#N)/C1=C\CCCC#N. The van der Waals surface area contributed by atoms with Crippen molar-refractivity contribution in [2.75, 3.05) is 6.54 Å². The lowest BCUT2D eigenvalue weighted by Crippen LogP contribution is -2.04. The molecule has 3 heteroatoms. The number of hydrogen-bond donors (Lipinski definition) is 0. The summed E-state index contributed by atoms with van der Waals surface area (Å²) in [6.45, 7) is 3.11. The summed E-state index contributed by atoms with van der Waals surface area (Å²) in [5, 5.41) is 17.0. The lowest BCUT2D eigenvalue weighted by atomic mass is 9.95. The zero-order valence-corrected chi connectivity index (χ0v) is 11.2. The Balaban J connectivity index is 2.41. The quantitative estimate of drug-likeness (QED) is 0.639. The van der Waals surface area contributed by atoms with Gasteiger partial charge in [0.2, 0.25) is 0 Å². The largest absolute Gasteiger partial charge is 0.289 e. The summed E-state index contributed by atoms with van der Waals surface area (Å²) < 4.78 is 0. The van der Waals surface area contributed by atoms with E-state index in [0.717, 1.165) is 38.6 Å². The third kappa shape index (κ3) is 4.72. The van der Waals surface area contributed by atoms with Crippen LogP contribution in [0.5, 0.6) is 0 Å². The molecule has 3 nitrogen and oxygen atoms in total. The van der Waals surface area contributed by atoms with Gasteiger partial charge in [-0.2, -0.15) is 10.5 Å². The Bertz CT molecular complexity index is 393. The molecular formula is C15H21N3. The molecule has 0 aromatic heterocycles. The number of aliphatic imine (C=N–C) groups is 1. The molecule has 0 saturated heterocycles. The van der Waals surface area contributed by atoms with Crippen molar-refractivity contribution >= 4 is 5.71 Å². The van der Waals surface area contributed by atoms with E-state index < -0.39 is 0 Å². The van der Waals surface area contributed by atoms with Crippen LogP contribution in [0, 0.1) is 28.6 Å². The van der Waals surface area contributed by atoms with E-state index in [2.05, 4.69) is 30.1 Å². The minimum absolute atomic E-state index is 0.526. The van der Waals surface area contributed by atoms with E-state index in [-0.39, 0.29) is 0 Å². The van der Waals surface area contributed by atoms with Gasteiger partial charge in [-0.25, -0.2) is 0 Å². The maximum atomic E-state index is 8.51. The summed E-state index contributed by atoms with van der Waals surface area (Å²) in [6.07, 6.45) is 8.46. The fourth-order valence-corrected chi connectivity index (χ4v) is 2.20.